The summed E-state index contributed by atoms with van der Waals surface area (Å²) in [7, 11) is 0. The number of ether oxygens (including phenoxy) is 1. The van der Waals surface area contributed by atoms with Gasteiger partial charge in [0.1, 0.15) is 35.7 Å². The zero-order valence-electron chi connectivity index (χ0n) is 14.9. The minimum atomic E-state index is -1.14. The molecule has 29 heavy (non-hydrogen) atoms. The van der Waals surface area contributed by atoms with Gasteiger partial charge in [-0.15, -0.1) is 10.2 Å². The van der Waals surface area contributed by atoms with E-state index in [1.165, 1.54) is 0 Å². The summed E-state index contributed by atoms with van der Waals surface area (Å²) in [5, 5.41) is 12.5. The quantitative estimate of drug-likeness (QED) is 0.620. The molecule has 2 amide bonds. The van der Waals surface area contributed by atoms with Crippen LogP contribution in [-0.4, -0.2) is 39.6 Å². The minimum absolute atomic E-state index is 0.0808. The zero-order chi connectivity index (χ0) is 20.4. The van der Waals surface area contributed by atoms with Gasteiger partial charge in [-0.1, -0.05) is 30.3 Å². The normalized spacial score (nSPS) is 15.7. The number of hydrogen-bond acceptors (Lipinski definition) is 5. The van der Waals surface area contributed by atoms with E-state index < -0.39 is 29.5 Å². The Balaban J connectivity index is 1.44. The van der Waals surface area contributed by atoms with E-state index in [-0.39, 0.29) is 23.9 Å². The van der Waals surface area contributed by atoms with Crippen LogP contribution in [0.15, 0.2) is 42.5 Å². The van der Waals surface area contributed by atoms with Crippen LogP contribution in [0, 0.1) is 11.6 Å². The molecule has 0 saturated heterocycles. The molecule has 148 valence electrons. The second kappa shape index (κ2) is 7.66. The third-order valence-electron chi connectivity index (χ3n) is 4.26. The predicted molar refractivity (Wildman–Crippen MR) is 97.4 cm³/mol. The van der Waals surface area contributed by atoms with Crippen molar-refractivity contribution >= 4 is 17.5 Å². The van der Waals surface area contributed by atoms with Crippen molar-refractivity contribution < 1.29 is 23.1 Å². The topological polar surface area (TPSA) is 109 Å². The molecule has 4 rings (SSSR count). The molecule has 0 saturated carbocycles. The summed E-state index contributed by atoms with van der Waals surface area (Å²) in [5.74, 6) is -2.95. The predicted octanol–water partition coefficient (Wildman–Crippen LogP) is 1.80. The van der Waals surface area contributed by atoms with Gasteiger partial charge in [-0.05, 0) is 5.56 Å². The van der Waals surface area contributed by atoms with Crippen molar-refractivity contribution in [2.24, 2.45) is 0 Å². The summed E-state index contributed by atoms with van der Waals surface area (Å²) < 4.78 is 32.5. The van der Waals surface area contributed by atoms with Crippen molar-refractivity contribution in [3.8, 4) is 5.75 Å². The first-order chi connectivity index (χ1) is 14.0. The molecule has 8 nitrogen and oxygen atoms in total. The summed E-state index contributed by atoms with van der Waals surface area (Å²) >= 11 is 0. The van der Waals surface area contributed by atoms with E-state index in [0.29, 0.717) is 18.3 Å². The highest BCUT2D eigenvalue weighted by molar-refractivity contribution is 6.01. The largest absolute Gasteiger partial charge is 0.488 e. The first-order valence-corrected chi connectivity index (χ1v) is 8.68. The van der Waals surface area contributed by atoms with Crippen LogP contribution < -0.4 is 15.4 Å². The van der Waals surface area contributed by atoms with E-state index in [0.717, 1.165) is 11.6 Å². The molecule has 0 bridgehead atoms. The summed E-state index contributed by atoms with van der Waals surface area (Å²) in [5.41, 5.74) is 0.706. The van der Waals surface area contributed by atoms with Crippen molar-refractivity contribution in [3.05, 3.63) is 71.3 Å². The number of benzene rings is 2. The lowest BCUT2D eigenvalue weighted by atomic mass is 10.1. The van der Waals surface area contributed by atoms with Crippen LogP contribution in [0.25, 0.3) is 0 Å². The van der Waals surface area contributed by atoms with Crippen LogP contribution in [0.3, 0.4) is 0 Å². The van der Waals surface area contributed by atoms with E-state index in [4.69, 9.17) is 4.74 Å². The van der Waals surface area contributed by atoms with Crippen LogP contribution in [0.4, 0.5) is 14.5 Å². The number of halogens is 2. The van der Waals surface area contributed by atoms with Gasteiger partial charge >= 0.3 is 0 Å². The van der Waals surface area contributed by atoms with Crippen molar-refractivity contribution in [1.82, 2.24) is 20.5 Å². The number of aromatic amines is 1. The standard InChI is InChI=1S/C19H15F2N5O3/c20-11-7-12(21)16-14(8-11)29-9-13(18(27)24-16)22-19(28)17-23-15(25-26-17)6-10-4-2-1-3-5-10/h1-5,7-8,13H,6,9H2,(H,22,28)(H,24,27)(H,23,25,26)/t13-/m0/s1. The lowest BCUT2D eigenvalue weighted by molar-refractivity contribution is -0.118. The Kier molecular flexibility index (Phi) is 4.90. The Morgan fingerprint density at radius 1 is 1.21 bits per heavy atom. The van der Waals surface area contributed by atoms with Gasteiger partial charge in [-0.2, -0.15) is 0 Å². The highest BCUT2D eigenvalue weighted by Gasteiger charge is 2.29. The number of anilines is 1. The molecule has 2 heterocycles. The highest BCUT2D eigenvalue weighted by atomic mass is 19.1. The van der Waals surface area contributed by atoms with Crippen molar-refractivity contribution in [3.63, 3.8) is 0 Å². The first kappa shape index (κ1) is 18.5. The molecule has 0 fully saturated rings. The van der Waals surface area contributed by atoms with E-state index in [2.05, 4.69) is 25.8 Å². The number of H-pyrrole nitrogens is 1. The van der Waals surface area contributed by atoms with E-state index in [1.54, 1.807) is 0 Å². The molecular weight excluding hydrogens is 384 g/mol. The highest BCUT2D eigenvalue weighted by Crippen LogP contribution is 2.30. The Bertz CT molecular complexity index is 1070. The average molecular weight is 399 g/mol. The molecular formula is C19H15F2N5O3. The Hall–Kier alpha value is -3.82. The summed E-state index contributed by atoms with van der Waals surface area (Å²) in [6.07, 6.45) is 0.453. The third kappa shape index (κ3) is 4.05. The molecule has 1 aliphatic heterocycles. The van der Waals surface area contributed by atoms with E-state index >= 15 is 0 Å². The molecule has 0 unspecified atom stereocenters. The lowest BCUT2D eigenvalue weighted by Crippen LogP contribution is -2.46. The Morgan fingerprint density at radius 3 is 2.79 bits per heavy atom. The van der Waals surface area contributed by atoms with Gasteiger partial charge < -0.3 is 20.4 Å². The molecule has 1 aromatic heterocycles. The number of aromatic nitrogens is 3. The van der Waals surface area contributed by atoms with E-state index in [1.807, 2.05) is 30.3 Å². The van der Waals surface area contributed by atoms with Gasteiger partial charge in [0.05, 0.1) is 0 Å². The Morgan fingerprint density at radius 2 is 2.00 bits per heavy atom. The number of nitrogens with one attached hydrogen (secondary N) is 3. The zero-order valence-corrected chi connectivity index (χ0v) is 14.9. The van der Waals surface area contributed by atoms with Gasteiger partial charge in [-0.3, -0.25) is 9.59 Å². The fourth-order valence-electron chi connectivity index (χ4n) is 2.85. The number of hydrogen-bond donors (Lipinski definition) is 3. The number of nitrogens with zero attached hydrogens (tertiary/aromatic N) is 2. The number of amides is 2. The second-order valence-electron chi connectivity index (χ2n) is 6.37. The number of fused-ring (bicyclic) bond motifs is 1. The van der Waals surface area contributed by atoms with Crippen molar-refractivity contribution in [1.29, 1.82) is 0 Å². The van der Waals surface area contributed by atoms with E-state index in [9.17, 15) is 18.4 Å². The minimum Gasteiger partial charge on any atom is -0.488 e. The number of carbonyl (C=O) groups is 2. The van der Waals surface area contributed by atoms with Crippen LogP contribution in [-0.2, 0) is 11.2 Å². The molecule has 1 aliphatic rings. The maximum absolute atomic E-state index is 13.9. The molecule has 3 aromatic rings. The van der Waals surface area contributed by atoms with Crippen LogP contribution >= 0.6 is 0 Å². The first-order valence-electron chi connectivity index (χ1n) is 8.68. The maximum Gasteiger partial charge on any atom is 0.289 e. The summed E-state index contributed by atoms with van der Waals surface area (Å²) in [4.78, 5) is 27.5. The molecule has 10 heteroatoms. The van der Waals surface area contributed by atoms with Gasteiger partial charge in [0, 0.05) is 18.6 Å². The SMILES string of the molecule is O=C(N[C@H]1COc2cc(F)cc(F)c2NC1=O)c1nnc(Cc2ccccc2)[nH]1. The molecule has 2 aromatic carbocycles. The number of rotatable bonds is 4. The van der Waals surface area contributed by atoms with Gasteiger partial charge in [0.2, 0.25) is 5.82 Å². The molecule has 3 N–H and O–H groups in total. The van der Waals surface area contributed by atoms with Gasteiger partial charge in [0.25, 0.3) is 11.8 Å². The third-order valence-corrected chi connectivity index (χ3v) is 4.26. The molecule has 0 radical (unpaired) electrons. The van der Waals surface area contributed by atoms with Gasteiger partial charge in [0.15, 0.2) is 5.82 Å². The fourth-order valence-corrected chi connectivity index (χ4v) is 2.85. The van der Waals surface area contributed by atoms with Crippen LogP contribution in [0.1, 0.15) is 22.0 Å². The summed E-state index contributed by atoms with van der Waals surface area (Å²) in [6, 6.07) is 9.93. The van der Waals surface area contributed by atoms with Crippen LogP contribution in [0.2, 0.25) is 0 Å². The monoisotopic (exact) mass is 399 g/mol. The van der Waals surface area contributed by atoms with Crippen molar-refractivity contribution in [2.45, 2.75) is 12.5 Å². The van der Waals surface area contributed by atoms with Crippen LogP contribution in [0.5, 0.6) is 5.75 Å². The smallest absolute Gasteiger partial charge is 0.289 e. The summed E-state index contributed by atoms with van der Waals surface area (Å²) in [6.45, 7) is -0.307. The molecule has 0 aliphatic carbocycles. The van der Waals surface area contributed by atoms with Crippen molar-refractivity contribution in [2.75, 3.05) is 11.9 Å². The average Bonchev–Trinajstić information content (AvgIpc) is 3.10. The lowest BCUT2D eigenvalue weighted by Gasteiger charge is -2.13. The molecule has 1 atom stereocenters. The fraction of sp³-hybridized carbons (Fsp3) is 0.158. The maximum atomic E-state index is 13.9. The Labute approximate surface area is 163 Å². The van der Waals surface area contributed by atoms with Gasteiger partial charge in [-0.25, -0.2) is 8.78 Å². The second-order valence-corrected chi connectivity index (χ2v) is 6.37. The number of carbonyl (C=O) groups excluding carboxylic acids is 2. The molecule has 0 spiro atoms.